The molecule has 0 saturated carbocycles. The van der Waals surface area contributed by atoms with E-state index in [1.807, 2.05) is 0 Å². The maximum absolute atomic E-state index is 12.1. The van der Waals surface area contributed by atoms with Crippen LogP contribution in [-0.4, -0.2) is 24.4 Å². The average molecular weight is 264 g/mol. The summed E-state index contributed by atoms with van der Waals surface area (Å²) in [6.45, 7) is 2.35. The van der Waals surface area contributed by atoms with Gasteiger partial charge in [-0.15, -0.1) is 0 Å². The fourth-order valence-electron chi connectivity index (χ4n) is 1.21. The highest BCUT2D eigenvalue weighted by atomic mass is 19.4. The fourth-order valence-corrected chi connectivity index (χ4v) is 1.21. The molecule has 0 aromatic carbocycles. The molecule has 102 valence electrons. The summed E-state index contributed by atoms with van der Waals surface area (Å²) in [5, 5.41) is 0. The molecule has 18 heavy (non-hydrogen) atoms. The number of hydrogen-bond acceptors (Lipinski definition) is 4. The third kappa shape index (κ3) is 4.40. The van der Waals surface area contributed by atoms with Gasteiger partial charge in [0.2, 0.25) is 0 Å². The molecule has 0 amide bonds. The number of pyridine rings is 1. The van der Waals surface area contributed by atoms with Crippen LogP contribution in [0.5, 0.6) is 11.6 Å². The van der Waals surface area contributed by atoms with Crippen molar-refractivity contribution in [1.82, 2.24) is 4.98 Å². The average Bonchev–Trinajstić information content (AvgIpc) is 2.26. The van der Waals surface area contributed by atoms with E-state index >= 15 is 0 Å². The summed E-state index contributed by atoms with van der Waals surface area (Å²) in [6.07, 6.45) is -3.04. The van der Waals surface area contributed by atoms with Crippen molar-refractivity contribution in [2.24, 2.45) is 5.73 Å². The summed E-state index contributed by atoms with van der Waals surface area (Å²) in [5.41, 5.74) is 6.32. The molecule has 0 aliphatic heterocycles. The van der Waals surface area contributed by atoms with E-state index in [9.17, 15) is 13.2 Å². The summed E-state index contributed by atoms with van der Waals surface area (Å²) in [7, 11) is 0. The Morgan fingerprint density at radius 3 is 2.56 bits per heavy atom. The van der Waals surface area contributed by atoms with Crippen LogP contribution in [0.1, 0.15) is 25.5 Å². The lowest BCUT2D eigenvalue weighted by Gasteiger charge is -2.14. The Balaban J connectivity index is 2.89. The van der Waals surface area contributed by atoms with Crippen LogP contribution in [0.3, 0.4) is 0 Å². The van der Waals surface area contributed by atoms with E-state index in [0.717, 1.165) is 0 Å². The van der Waals surface area contributed by atoms with Gasteiger partial charge in [0.1, 0.15) is 0 Å². The van der Waals surface area contributed by atoms with E-state index in [4.69, 9.17) is 10.5 Å². The van der Waals surface area contributed by atoms with E-state index < -0.39 is 12.8 Å². The van der Waals surface area contributed by atoms with Gasteiger partial charge in [-0.1, -0.05) is 0 Å². The molecule has 0 aliphatic carbocycles. The van der Waals surface area contributed by atoms with Crippen molar-refractivity contribution in [3.05, 3.63) is 17.8 Å². The van der Waals surface area contributed by atoms with Crippen LogP contribution in [0.15, 0.2) is 12.3 Å². The first-order chi connectivity index (χ1) is 8.33. The van der Waals surface area contributed by atoms with Gasteiger partial charge in [-0.3, -0.25) is 0 Å². The summed E-state index contributed by atoms with van der Waals surface area (Å²) in [6, 6.07) is 1.25. The summed E-state index contributed by atoms with van der Waals surface area (Å²) in [5.74, 6) is -0.0184. The highest BCUT2D eigenvalue weighted by Crippen LogP contribution is 2.28. The standard InChI is InChI=1S/C11H15F3N2O2/c1-3-17-9-4-8(7(2)15)5-16-10(9)18-6-11(12,13)14/h4-5,7H,3,6,15H2,1-2H3. The van der Waals surface area contributed by atoms with Crippen molar-refractivity contribution in [1.29, 1.82) is 0 Å². The number of hydrogen-bond donors (Lipinski definition) is 1. The van der Waals surface area contributed by atoms with Gasteiger partial charge in [-0.25, -0.2) is 4.98 Å². The largest absolute Gasteiger partial charge is 0.488 e. The van der Waals surface area contributed by atoms with Crippen LogP contribution in [0.25, 0.3) is 0 Å². The monoisotopic (exact) mass is 264 g/mol. The molecule has 1 atom stereocenters. The minimum absolute atomic E-state index is 0.163. The molecule has 0 spiro atoms. The predicted molar refractivity (Wildman–Crippen MR) is 59.6 cm³/mol. The van der Waals surface area contributed by atoms with E-state index in [0.29, 0.717) is 12.2 Å². The molecule has 7 heteroatoms. The molecular weight excluding hydrogens is 249 g/mol. The third-order valence-electron chi connectivity index (χ3n) is 2.04. The van der Waals surface area contributed by atoms with Gasteiger partial charge in [-0.2, -0.15) is 13.2 Å². The lowest BCUT2D eigenvalue weighted by molar-refractivity contribution is -0.154. The van der Waals surface area contributed by atoms with Gasteiger partial charge in [0.25, 0.3) is 5.88 Å². The molecular formula is C11H15F3N2O2. The molecule has 1 aromatic rings. The van der Waals surface area contributed by atoms with E-state index in [-0.39, 0.29) is 17.7 Å². The lowest BCUT2D eigenvalue weighted by atomic mass is 10.1. The maximum Gasteiger partial charge on any atom is 0.422 e. The molecule has 0 saturated heterocycles. The molecule has 1 heterocycles. The molecule has 4 nitrogen and oxygen atoms in total. The molecule has 0 bridgehead atoms. The Kier molecular flexibility index (Phi) is 4.77. The predicted octanol–water partition coefficient (Wildman–Crippen LogP) is 2.44. The molecule has 0 aliphatic rings. The van der Waals surface area contributed by atoms with Crippen LogP contribution < -0.4 is 15.2 Å². The first-order valence-electron chi connectivity index (χ1n) is 5.41. The minimum atomic E-state index is -4.41. The van der Waals surface area contributed by atoms with E-state index in [2.05, 4.69) is 9.72 Å². The number of nitrogens with two attached hydrogens (primary N) is 1. The molecule has 0 fully saturated rings. The third-order valence-corrected chi connectivity index (χ3v) is 2.04. The maximum atomic E-state index is 12.1. The van der Waals surface area contributed by atoms with Crippen molar-refractivity contribution >= 4 is 0 Å². The van der Waals surface area contributed by atoms with Crippen LogP contribution in [0.2, 0.25) is 0 Å². The molecule has 1 rings (SSSR count). The Morgan fingerprint density at radius 1 is 1.39 bits per heavy atom. The number of alkyl halides is 3. The Bertz CT molecular complexity index is 394. The first-order valence-corrected chi connectivity index (χ1v) is 5.41. The van der Waals surface area contributed by atoms with Crippen LogP contribution in [0.4, 0.5) is 13.2 Å². The van der Waals surface area contributed by atoms with Gasteiger partial charge < -0.3 is 15.2 Å². The smallest absolute Gasteiger partial charge is 0.422 e. The Hall–Kier alpha value is -1.50. The molecule has 1 aromatic heterocycles. The Morgan fingerprint density at radius 2 is 2.06 bits per heavy atom. The fraction of sp³-hybridized carbons (Fsp3) is 0.545. The van der Waals surface area contributed by atoms with Gasteiger partial charge in [0, 0.05) is 12.2 Å². The zero-order valence-corrected chi connectivity index (χ0v) is 10.1. The van der Waals surface area contributed by atoms with Crippen molar-refractivity contribution in [3.63, 3.8) is 0 Å². The summed E-state index contributed by atoms with van der Waals surface area (Å²) in [4.78, 5) is 3.79. The lowest BCUT2D eigenvalue weighted by Crippen LogP contribution is -2.20. The van der Waals surface area contributed by atoms with Crippen molar-refractivity contribution in [2.45, 2.75) is 26.1 Å². The highest BCUT2D eigenvalue weighted by Gasteiger charge is 2.29. The second kappa shape index (κ2) is 5.90. The molecule has 2 N–H and O–H groups in total. The SMILES string of the molecule is CCOc1cc(C(C)N)cnc1OCC(F)(F)F. The number of rotatable bonds is 5. The number of aromatic nitrogens is 1. The normalized spacial score (nSPS) is 13.2. The quantitative estimate of drug-likeness (QED) is 0.887. The molecule has 1 unspecified atom stereocenters. The number of nitrogens with zero attached hydrogens (tertiary/aromatic N) is 1. The zero-order chi connectivity index (χ0) is 13.8. The topological polar surface area (TPSA) is 57.4 Å². The van der Waals surface area contributed by atoms with Gasteiger partial charge in [0.15, 0.2) is 12.4 Å². The van der Waals surface area contributed by atoms with Crippen molar-refractivity contribution in [2.75, 3.05) is 13.2 Å². The molecule has 0 radical (unpaired) electrons. The van der Waals surface area contributed by atoms with E-state index in [1.165, 1.54) is 12.3 Å². The van der Waals surface area contributed by atoms with Gasteiger partial charge in [0.05, 0.1) is 6.61 Å². The van der Waals surface area contributed by atoms with Gasteiger partial charge in [-0.05, 0) is 25.5 Å². The summed E-state index contributed by atoms with van der Waals surface area (Å²) < 4.78 is 45.9. The summed E-state index contributed by atoms with van der Waals surface area (Å²) >= 11 is 0. The minimum Gasteiger partial charge on any atom is -0.488 e. The number of ether oxygens (including phenoxy) is 2. The van der Waals surface area contributed by atoms with Crippen LogP contribution in [-0.2, 0) is 0 Å². The van der Waals surface area contributed by atoms with Gasteiger partial charge >= 0.3 is 6.18 Å². The second-order valence-electron chi connectivity index (χ2n) is 3.70. The Labute approximate surface area is 103 Å². The number of halogens is 3. The van der Waals surface area contributed by atoms with Crippen molar-refractivity contribution in [3.8, 4) is 11.6 Å². The van der Waals surface area contributed by atoms with Crippen molar-refractivity contribution < 1.29 is 22.6 Å². The second-order valence-corrected chi connectivity index (χ2v) is 3.70. The van der Waals surface area contributed by atoms with Crippen LogP contribution >= 0.6 is 0 Å². The highest BCUT2D eigenvalue weighted by molar-refractivity contribution is 5.37. The van der Waals surface area contributed by atoms with E-state index in [1.54, 1.807) is 13.8 Å². The first kappa shape index (κ1) is 14.6. The zero-order valence-electron chi connectivity index (χ0n) is 10.1. The van der Waals surface area contributed by atoms with Crippen LogP contribution in [0, 0.1) is 0 Å².